The summed E-state index contributed by atoms with van der Waals surface area (Å²) in [4.78, 5) is 35.7. The van der Waals surface area contributed by atoms with Gasteiger partial charge in [-0.2, -0.15) is 0 Å². The number of benzene rings is 2. The highest BCUT2D eigenvalue weighted by atomic mass is 16.4. The van der Waals surface area contributed by atoms with E-state index in [1.54, 1.807) is 12.1 Å². The van der Waals surface area contributed by atoms with E-state index in [0.717, 1.165) is 29.7 Å². The molecule has 2 N–H and O–H groups in total. The minimum absolute atomic E-state index is 0.0158. The Morgan fingerprint density at radius 3 is 1.97 bits per heavy atom. The number of hydrogen-bond acceptors (Lipinski definition) is 3. The Morgan fingerprint density at radius 1 is 0.900 bits per heavy atom. The van der Waals surface area contributed by atoms with E-state index in [9.17, 15) is 19.5 Å². The van der Waals surface area contributed by atoms with Crippen LogP contribution in [0.2, 0.25) is 0 Å². The van der Waals surface area contributed by atoms with Gasteiger partial charge < -0.3 is 10.4 Å². The van der Waals surface area contributed by atoms with Gasteiger partial charge in [-0.1, -0.05) is 63.6 Å². The lowest BCUT2D eigenvalue weighted by molar-refractivity contribution is -0.141. The summed E-state index contributed by atoms with van der Waals surface area (Å²) in [5.74, 6) is -1.19. The molecule has 5 nitrogen and oxygen atoms in total. The zero-order valence-corrected chi connectivity index (χ0v) is 18.0. The van der Waals surface area contributed by atoms with Crippen LogP contribution in [0.5, 0.6) is 0 Å². The number of carbonyl (C=O) groups is 3. The van der Waals surface area contributed by atoms with Crippen LogP contribution < -0.4 is 5.32 Å². The molecule has 30 heavy (non-hydrogen) atoms. The minimum Gasteiger partial charge on any atom is -0.481 e. The Bertz CT molecular complexity index is 854. The highest BCUT2D eigenvalue weighted by molar-refractivity contribution is 5.98. The van der Waals surface area contributed by atoms with Crippen LogP contribution in [0.4, 0.5) is 5.69 Å². The van der Waals surface area contributed by atoms with Crippen LogP contribution in [0.1, 0.15) is 63.2 Å². The van der Waals surface area contributed by atoms with E-state index >= 15 is 0 Å². The monoisotopic (exact) mass is 409 g/mol. The zero-order chi connectivity index (χ0) is 22.1. The minimum atomic E-state index is -0.918. The maximum Gasteiger partial charge on any atom is 0.306 e. The number of hydrogen-bond donors (Lipinski definition) is 2. The van der Waals surface area contributed by atoms with Gasteiger partial charge in [-0.3, -0.25) is 14.4 Å². The van der Waals surface area contributed by atoms with Crippen LogP contribution in [0.25, 0.3) is 11.1 Å². The number of anilines is 1. The van der Waals surface area contributed by atoms with E-state index < -0.39 is 11.9 Å². The van der Waals surface area contributed by atoms with Crippen LogP contribution >= 0.6 is 0 Å². The van der Waals surface area contributed by atoms with Crippen molar-refractivity contribution in [2.75, 3.05) is 5.32 Å². The first-order chi connectivity index (χ1) is 14.3. The smallest absolute Gasteiger partial charge is 0.306 e. The molecule has 0 saturated heterocycles. The summed E-state index contributed by atoms with van der Waals surface area (Å²) in [6, 6.07) is 14.8. The molecule has 1 atom stereocenters. The van der Waals surface area contributed by atoms with Gasteiger partial charge in [0.25, 0.3) is 0 Å². The molecule has 0 spiro atoms. The average molecular weight is 410 g/mol. The standard InChI is InChI=1S/C25H31NO4/c1-4-5-21(25(29)30)16-23(27)20-9-7-18(8-10-20)19-11-13-22(14-12-19)26-24(28)15-6-17(2)3/h7-14,17,21H,4-6,15-16H2,1-3H3,(H,26,28)(H,29,30). The lowest BCUT2D eigenvalue weighted by atomic mass is 9.93. The zero-order valence-electron chi connectivity index (χ0n) is 18.0. The van der Waals surface area contributed by atoms with Crippen molar-refractivity contribution < 1.29 is 19.5 Å². The second-order valence-corrected chi connectivity index (χ2v) is 8.09. The second kappa shape index (κ2) is 11.3. The summed E-state index contributed by atoms with van der Waals surface area (Å²) in [7, 11) is 0. The summed E-state index contributed by atoms with van der Waals surface area (Å²) >= 11 is 0. The number of aliphatic carboxylic acids is 1. The molecule has 0 fully saturated rings. The van der Waals surface area contributed by atoms with Gasteiger partial charge in [-0.15, -0.1) is 0 Å². The number of ketones is 1. The van der Waals surface area contributed by atoms with Gasteiger partial charge in [-0.05, 0) is 42.0 Å². The Morgan fingerprint density at radius 2 is 1.47 bits per heavy atom. The lowest BCUT2D eigenvalue weighted by Gasteiger charge is -2.11. The molecule has 2 aromatic rings. The maximum absolute atomic E-state index is 12.4. The number of Topliss-reactive ketones (excluding diaryl/α,β-unsaturated/α-hetero) is 1. The van der Waals surface area contributed by atoms with Crippen molar-refractivity contribution in [1.82, 2.24) is 0 Å². The average Bonchev–Trinajstić information content (AvgIpc) is 2.72. The van der Waals surface area contributed by atoms with Crippen molar-refractivity contribution in [3.63, 3.8) is 0 Å². The summed E-state index contributed by atoms with van der Waals surface area (Å²) in [6.45, 7) is 6.10. The quantitative estimate of drug-likeness (QED) is 0.459. The molecule has 5 heteroatoms. The van der Waals surface area contributed by atoms with Gasteiger partial charge in [-0.25, -0.2) is 0 Å². The molecule has 2 rings (SSSR count). The molecule has 0 bridgehead atoms. The highest BCUT2D eigenvalue weighted by Gasteiger charge is 2.21. The molecule has 0 aliphatic heterocycles. The van der Waals surface area contributed by atoms with Crippen molar-refractivity contribution >= 4 is 23.3 Å². The van der Waals surface area contributed by atoms with Crippen LogP contribution in [0.3, 0.4) is 0 Å². The predicted octanol–water partition coefficient (Wildman–Crippen LogP) is 5.80. The molecule has 1 unspecified atom stereocenters. The first kappa shape index (κ1) is 23.3. The maximum atomic E-state index is 12.4. The van der Waals surface area contributed by atoms with Gasteiger partial charge in [0.2, 0.25) is 5.91 Å². The van der Waals surface area contributed by atoms with Crippen molar-refractivity contribution in [1.29, 1.82) is 0 Å². The topological polar surface area (TPSA) is 83.5 Å². The molecular formula is C25H31NO4. The fraction of sp³-hybridized carbons (Fsp3) is 0.400. The summed E-state index contributed by atoms with van der Waals surface area (Å²) in [6.07, 6.45) is 2.63. The second-order valence-electron chi connectivity index (χ2n) is 8.09. The Labute approximate surface area is 178 Å². The third kappa shape index (κ3) is 7.14. The summed E-state index contributed by atoms with van der Waals surface area (Å²) in [5, 5.41) is 12.2. The number of carboxylic acids is 1. The molecule has 0 radical (unpaired) electrons. The van der Waals surface area contributed by atoms with Gasteiger partial charge in [0.1, 0.15) is 0 Å². The third-order valence-corrected chi connectivity index (χ3v) is 5.08. The van der Waals surface area contributed by atoms with Crippen molar-refractivity contribution in [3.8, 4) is 11.1 Å². The number of rotatable bonds is 11. The van der Waals surface area contributed by atoms with Crippen molar-refractivity contribution in [3.05, 3.63) is 54.1 Å². The van der Waals surface area contributed by atoms with E-state index in [1.165, 1.54) is 0 Å². The van der Waals surface area contributed by atoms with Crippen molar-refractivity contribution in [2.45, 2.75) is 52.9 Å². The number of nitrogens with one attached hydrogen (secondary N) is 1. The molecule has 0 saturated carbocycles. The van der Waals surface area contributed by atoms with Crippen molar-refractivity contribution in [2.24, 2.45) is 11.8 Å². The molecular weight excluding hydrogens is 378 g/mol. The SMILES string of the molecule is CCCC(CC(=O)c1ccc(-c2ccc(NC(=O)CCC(C)C)cc2)cc1)C(=O)O. The van der Waals surface area contributed by atoms with E-state index in [2.05, 4.69) is 19.2 Å². The van der Waals surface area contributed by atoms with E-state index in [-0.39, 0.29) is 18.1 Å². The summed E-state index contributed by atoms with van der Waals surface area (Å²) < 4.78 is 0. The molecule has 0 aliphatic rings. The fourth-order valence-corrected chi connectivity index (χ4v) is 3.24. The van der Waals surface area contributed by atoms with Gasteiger partial charge in [0.05, 0.1) is 5.92 Å². The number of carboxylic acid groups (broad SMARTS) is 1. The highest BCUT2D eigenvalue weighted by Crippen LogP contribution is 2.23. The number of carbonyl (C=O) groups excluding carboxylic acids is 2. The van der Waals surface area contributed by atoms with Gasteiger partial charge >= 0.3 is 5.97 Å². The Balaban J connectivity index is 1.99. The Hall–Kier alpha value is -2.95. The molecule has 1 amide bonds. The van der Waals surface area contributed by atoms with E-state index in [4.69, 9.17) is 0 Å². The molecule has 160 valence electrons. The third-order valence-electron chi connectivity index (χ3n) is 5.08. The molecule has 0 aromatic heterocycles. The lowest BCUT2D eigenvalue weighted by Crippen LogP contribution is -2.17. The summed E-state index contributed by atoms with van der Waals surface area (Å²) in [5.41, 5.74) is 3.21. The van der Waals surface area contributed by atoms with E-state index in [0.29, 0.717) is 24.3 Å². The van der Waals surface area contributed by atoms with Crippen LogP contribution in [0, 0.1) is 11.8 Å². The van der Waals surface area contributed by atoms with Gasteiger partial charge in [0, 0.05) is 24.1 Å². The molecule has 0 heterocycles. The van der Waals surface area contributed by atoms with Gasteiger partial charge in [0.15, 0.2) is 5.78 Å². The number of amides is 1. The first-order valence-electron chi connectivity index (χ1n) is 10.6. The Kier molecular flexibility index (Phi) is 8.78. The fourth-order valence-electron chi connectivity index (χ4n) is 3.24. The van der Waals surface area contributed by atoms with E-state index in [1.807, 2.05) is 43.3 Å². The van der Waals surface area contributed by atoms with Crippen LogP contribution in [0.15, 0.2) is 48.5 Å². The van der Waals surface area contributed by atoms with Crippen LogP contribution in [-0.2, 0) is 9.59 Å². The normalized spacial score (nSPS) is 11.9. The largest absolute Gasteiger partial charge is 0.481 e. The van der Waals surface area contributed by atoms with Crippen LogP contribution in [-0.4, -0.2) is 22.8 Å². The molecule has 0 aliphatic carbocycles. The molecule has 2 aromatic carbocycles. The first-order valence-corrected chi connectivity index (χ1v) is 10.6. The predicted molar refractivity (Wildman–Crippen MR) is 120 cm³/mol.